The van der Waals surface area contributed by atoms with Crippen LogP contribution in [-0.2, 0) is 26.0 Å². The van der Waals surface area contributed by atoms with Gasteiger partial charge in [0.25, 0.3) is 0 Å². The fourth-order valence-electron chi connectivity index (χ4n) is 2.81. The standard InChI is InChI=1S/C19H32N4O4S/c1-3-26-12-5-11-21-19(20-2)22-14-16-7-9-18(10-8-16)28(24,25)23-15-17-6-4-13-27-17/h7-10,17,23H,3-6,11-15H2,1-2H3,(H2,20,21,22). The zero-order valence-electron chi connectivity index (χ0n) is 16.7. The molecule has 0 amide bonds. The van der Waals surface area contributed by atoms with Gasteiger partial charge < -0.3 is 20.1 Å². The summed E-state index contributed by atoms with van der Waals surface area (Å²) in [6, 6.07) is 6.84. The van der Waals surface area contributed by atoms with Crippen molar-refractivity contribution in [2.24, 2.45) is 4.99 Å². The van der Waals surface area contributed by atoms with Crippen molar-refractivity contribution in [3.05, 3.63) is 29.8 Å². The summed E-state index contributed by atoms with van der Waals surface area (Å²) in [7, 11) is -1.80. The Morgan fingerprint density at radius 2 is 2.07 bits per heavy atom. The second kappa shape index (κ2) is 12.0. The highest BCUT2D eigenvalue weighted by molar-refractivity contribution is 7.89. The molecule has 3 N–H and O–H groups in total. The SMILES string of the molecule is CCOCCCNC(=NC)NCc1ccc(S(=O)(=O)NCC2CCCO2)cc1. The summed E-state index contributed by atoms with van der Waals surface area (Å²) < 4.78 is 38.2. The fraction of sp³-hybridized carbons (Fsp3) is 0.632. The van der Waals surface area contributed by atoms with E-state index in [2.05, 4.69) is 20.3 Å². The van der Waals surface area contributed by atoms with Crippen LogP contribution in [-0.4, -0.2) is 60.4 Å². The van der Waals surface area contributed by atoms with E-state index in [1.54, 1.807) is 31.3 Å². The molecule has 0 saturated carbocycles. The Bertz CT molecular complexity index is 701. The van der Waals surface area contributed by atoms with Crippen LogP contribution in [0.25, 0.3) is 0 Å². The Hall–Kier alpha value is -1.68. The lowest BCUT2D eigenvalue weighted by Gasteiger charge is -2.13. The minimum Gasteiger partial charge on any atom is -0.382 e. The number of aliphatic imine (C=N–C) groups is 1. The highest BCUT2D eigenvalue weighted by Crippen LogP contribution is 2.14. The molecule has 0 bridgehead atoms. The third-order valence-corrected chi connectivity index (χ3v) is 5.84. The van der Waals surface area contributed by atoms with E-state index >= 15 is 0 Å². The lowest BCUT2D eigenvalue weighted by molar-refractivity contribution is 0.114. The van der Waals surface area contributed by atoms with Crippen molar-refractivity contribution in [1.29, 1.82) is 0 Å². The number of rotatable bonds is 11. The van der Waals surface area contributed by atoms with Gasteiger partial charge in [-0.3, -0.25) is 4.99 Å². The molecule has 1 atom stereocenters. The van der Waals surface area contributed by atoms with E-state index in [4.69, 9.17) is 9.47 Å². The summed E-state index contributed by atoms with van der Waals surface area (Å²) in [6.45, 7) is 5.77. The third kappa shape index (κ3) is 7.75. The van der Waals surface area contributed by atoms with Crippen LogP contribution in [0.5, 0.6) is 0 Å². The Balaban J connectivity index is 1.77. The number of benzene rings is 1. The van der Waals surface area contributed by atoms with Crippen LogP contribution >= 0.6 is 0 Å². The summed E-state index contributed by atoms with van der Waals surface area (Å²) in [4.78, 5) is 4.43. The molecule has 8 nitrogen and oxygen atoms in total. The smallest absolute Gasteiger partial charge is 0.240 e. The van der Waals surface area contributed by atoms with Gasteiger partial charge in [-0.1, -0.05) is 12.1 Å². The first-order chi connectivity index (χ1) is 13.5. The van der Waals surface area contributed by atoms with Gasteiger partial charge in [-0.2, -0.15) is 0 Å². The average Bonchev–Trinajstić information content (AvgIpc) is 3.23. The minimum atomic E-state index is -3.52. The van der Waals surface area contributed by atoms with E-state index in [1.807, 2.05) is 6.92 Å². The van der Waals surface area contributed by atoms with E-state index in [-0.39, 0.29) is 11.0 Å². The van der Waals surface area contributed by atoms with Crippen molar-refractivity contribution in [3.8, 4) is 0 Å². The van der Waals surface area contributed by atoms with E-state index in [9.17, 15) is 8.42 Å². The topological polar surface area (TPSA) is 101 Å². The largest absolute Gasteiger partial charge is 0.382 e. The van der Waals surface area contributed by atoms with Crippen molar-refractivity contribution in [3.63, 3.8) is 0 Å². The van der Waals surface area contributed by atoms with E-state index in [0.717, 1.165) is 44.6 Å². The van der Waals surface area contributed by atoms with Crippen LogP contribution in [0.1, 0.15) is 31.7 Å². The molecule has 1 aromatic rings. The number of sulfonamides is 1. The normalized spacial score (nSPS) is 17.6. The fourth-order valence-corrected chi connectivity index (χ4v) is 3.88. The van der Waals surface area contributed by atoms with Crippen LogP contribution in [0.4, 0.5) is 0 Å². The molecule has 28 heavy (non-hydrogen) atoms. The van der Waals surface area contributed by atoms with Gasteiger partial charge in [0, 0.05) is 46.5 Å². The highest BCUT2D eigenvalue weighted by Gasteiger charge is 2.20. The van der Waals surface area contributed by atoms with Gasteiger partial charge in [0.1, 0.15) is 0 Å². The first-order valence-corrected chi connectivity index (χ1v) is 11.3. The molecule has 0 spiro atoms. The Kier molecular flexibility index (Phi) is 9.69. The molecule has 0 aromatic heterocycles. The highest BCUT2D eigenvalue weighted by atomic mass is 32.2. The predicted molar refractivity (Wildman–Crippen MR) is 110 cm³/mol. The molecular formula is C19H32N4O4S. The van der Waals surface area contributed by atoms with Gasteiger partial charge >= 0.3 is 0 Å². The Labute approximate surface area is 168 Å². The summed E-state index contributed by atoms with van der Waals surface area (Å²) >= 11 is 0. The van der Waals surface area contributed by atoms with Crippen LogP contribution in [0.3, 0.4) is 0 Å². The molecule has 0 radical (unpaired) electrons. The molecule has 1 saturated heterocycles. The molecule has 1 fully saturated rings. The van der Waals surface area contributed by atoms with Crippen molar-refractivity contribution in [2.75, 3.05) is 40.0 Å². The summed E-state index contributed by atoms with van der Waals surface area (Å²) in [5.41, 5.74) is 0.968. The first kappa shape index (κ1) is 22.6. The van der Waals surface area contributed by atoms with Gasteiger partial charge in [-0.05, 0) is 43.9 Å². The zero-order valence-corrected chi connectivity index (χ0v) is 17.6. The lowest BCUT2D eigenvalue weighted by Crippen LogP contribution is -2.37. The summed E-state index contributed by atoms with van der Waals surface area (Å²) in [6.07, 6.45) is 2.76. The monoisotopic (exact) mass is 412 g/mol. The predicted octanol–water partition coefficient (Wildman–Crippen LogP) is 1.24. The molecule has 158 valence electrons. The van der Waals surface area contributed by atoms with Gasteiger partial charge in [-0.15, -0.1) is 0 Å². The van der Waals surface area contributed by atoms with Gasteiger partial charge in [0.05, 0.1) is 11.0 Å². The maximum Gasteiger partial charge on any atom is 0.240 e. The van der Waals surface area contributed by atoms with Crippen molar-refractivity contribution in [2.45, 2.75) is 43.7 Å². The Morgan fingerprint density at radius 1 is 1.29 bits per heavy atom. The van der Waals surface area contributed by atoms with Crippen LogP contribution in [0.15, 0.2) is 34.2 Å². The molecule has 1 aliphatic heterocycles. The van der Waals surface area contributed by atoms with Crippen molar-refractivity contribution in [1.82, 2.24) is 15.4 Å². The molecule has 2 rings (SSSR count). The first-order valence-electron chi connectivity index (χ1n) is 9.77. The van der Waals surface area contributed by atoms with Crippen molar-refractivity contribution >= 4 is 16.0 Å². The molecule has 0 aliphatic carbocycles. The van der Waals surface area contributed by atoms with E-state index < -0.39 is 10.0 Å². The molecule has 9 heteroatoms. The molecule has 1 aromatic carbocycles. The minimum absolute atomic E-state index is 0.0222. The second-order valence-corrected chi connectivity index (χ2v) is 8.30. The zero-order chi connectivity index (χ0) is 20.2. The number of nitrogens with one attached hydrogen (secondary N) is 3. The average molecular weight is 413 g/mol. The number of ether oxygens (including phenoxy) is 2. The van der Waals surface area contributed by atoms with Crippen LogP contribution in [0, 0.1) is 0 Å². The second-order valence-electron chi connectivity index (χ2n) is 6.53. The molecule has 1 heterocycles. The molecular weight excluding hydrogens is 380 g/mol. The number of hydrogen-bond acceptors (Lipinski definition) is 5. The molecule has 1 unspecified atom stereocenters. The van der Waals surface area contributed by atoms with Crippen LogP contribution < -0.4 is 15.4 Å². The maximum atomic E-state index is 12.4. The summed E-state index contributed by atoms with van der Waals surface area (Å²) in [5, 5.41) is 6.43. The number of nitrogens with zero attached hydrogens (tertiary/aromatic N) is 1. The number of hydrogen-bond donors (Lipinski definition) is 3. The van der Waals surface area contributed by atoms with Gasteiger partial charge in [0.2, 0.25) is 10.0 Å². The van der Waals surface area contributed by atoms with Crippen molar-refractivity contribution < 1.29 is 17.9 Å². The number of guanidine groups is 1. The quantitative estimate of drug-likeness (QED) is 0.287. The van der Waals surface area contributed by atoms with Gasteiger partial charge in [0.15, 0.2) is 5.96 Å². The third-order valence-electron chi connectivity index (χ3n) is 4.40. The van der Waals surface area contributed by atoms with Crippen LogP contribution in [0.2, 0.25) is 0 Å². The molecule has 1 aliphatic rings. The lowest BCUT2D eigenvalue weighted by atomic mass is 10.2. The Morgan fingerprint density at radius 3 is 2.71 bits per heavy atom. The van der Waals surface area contributed by atoms with Gasteiger partial charge in [-0.25, -0.2) is 13.1 Å². The maximum absolute atomic E-state index is 12.4. The van der Waals surface area contributed by atoms with E-state index in [0.29, 0.717) is 25.7 Å². The van der Waals surface area contributed by atoms with E-state index in [1.165, 1.54) is 0 Å². The summed E-state index contributed by atoms with van der Waals surface area (Å²) in [5.74, 6) is 0.700.